The molecule has 0 radical (unpaired) electrons. The van der Waals surface area contributed by atoms with Crippen LogP contribution in [-0.4, -0.2) is 50.9 Å². The highest BCUT2D eigenvalue weighted by molar-refractivity contribution is 7.92. The number of nitrogens with one attached hydrogen (secondary N) is 1. The van der Waals surface area contributed by atoms with Crippen molar-refractivity contribution in [2.24, 2.45) is 0 Å². The van der Waals surface area contributed by atoms with Gasteiger partial charge in [-0.3, -0.25) is 13.9 Å². The van der Waals surface area contributed by atoms with E-state index in [4.69, 9.17) is 39.5 Å². The molecule has 1 unspecified atom stereocenters. The Hall–Kier alpha value is -2.98. The molecule has 1 N–H and O–H groups in total. The summed E-state index contributed by atoms with van der Waals surface area (Å²) in [4.78, 5) is 28.6. The van der Waals surface area contributed by atoms with Gasteiger partial charge < -0.3 is 15.0 Å². The molecule has 1 atom stereocenters. The lowest BCUT2D eigenvalue weighted by Crippen LogP contribution is -2.53. The minimum absolute atomic E-state index is 0.0116. The summed E-state index contributed by atoms with van der Waals surface area (Å²) in [5.41, 5.74) is 0.774. The summed E-state index contributed by atoms with van der Waals surface area (Å²) in [7, 11) is -2.79. The molecule has 2 amide bonds. The van der Waals surface area contributed by atoms with Crippen molar-refractivity contribution in [1.82, 2.24) is 10.2 Å². The molecule has 3 aromatic rings. The lowest BCUT2D eigenvalue weighted by Gasteiger charge is -2.33. The molecule has 0 bridgehead atoms. The predicted molar refractivity (Wildman–Crippen MR) is 163 cm³/mol. The van der Waals surface area contributed by atoms with Gasteiger partial charge in [-0.05, 0) is 68.3 Å². The Bertz CT molecular complexity index is 1490. The summed E-state index contributed by atoms with van der Waals surface area (Å²) in [5.74, 6) is -0.620. The third-order valence-corrected chi connectivity index (χ3v) is 9.01. The lowest BCUT2D eigenvalue weighted by atomic mass is 10.1. The summed E-state index contributed by atoms with van der Waals surface area (Å²) in [6.07, 6.45) is 0.283. The SMILES string of the molecule is CCC(C(=O)NC(C)C)N(Cc1ccc(Cl)c(Cl)c1)C(=O)CN(c1ccc(OC)c(Cl)c1)S(=O)(=O)c1ccccc1. The highest BCUT2D eigenvalue weighted by Gasteiger charge is 2.34. The zero-order valence-corrected chi connectivity index (χ0v) is 26.2. The average molecular weight is 641 g/mol. The second-order valence-electron chi connectivity index (χ2n) is 9.50. The van der Waals surface area contributed by atoms with E-state index in [2.05, 4.69) is 5.32 Å². The van der Waals surface area contributed by atoms with Gasteiger partial charge in [0.25, 0.3) is 10.0 Å². The standard InChI is InChI=1S/C29H32Cl3N3O5S/c1-5-26(29(37)33-19(2)3)34(17-20-11-13-23(30)24(31)15-20)28(36)18-35(21-12-14-27(40-4)25(32)16-21)41(38,39)22-9-7-6-8-10-22/h6-16,19,26H,5,17-18H2,1-4H3,(H,33,37). The molecule has 0 saturated heterocycles. The van der Waals surface area contributed by atoms with Crippen molar-refractivity contribution in [3.63, 3.8) is 0 Å². The molecule has 41 heavy (non-hydrogen) atoms. The number of halogens is 3. The van der Waals surface area contributed by atoms with Gasteiger partial charge in [-0.15, -0.1) is 0 Å². The summed E-state index contributed by atoms with van der Waals surface area (Å²) in [6.45, 7) is 4.80. The topological polar surface area (TPSA) is 96.0 Å². The number of ether oxygens (including phenoxy) is 1. The van der Waals surface area contributed by atoms with E-state index < -0.39 is 28.5 Å². The van der Waals surface area contributed by atoms with E-state index >= 15 is 0 Å². The third kappa shape index (κ3) is 8.07. The highest BCUT2D eigenvalue weighted by Crippen LogP contribution is 2.32. The van der Waals surface area contributed by atoms with Gasteiger partial charge >= 0.3 is 0 Å². The van der Waals surface area contributed by atoms with Crippen LogP contribution in [0.25, 0.3) is 0 Å². The Kier molecular flexibility index (Phi) is 11.3. The third-order valence-electron chi connectivity index (χ3n) is 6.19. The van der Waals surface area contributed by atoms with Crippen LogP contribution in [-0.2, 0) is 26.2 Å². The summed E-state index contributed by atoms with van der Waals surface area (Å²) in [5, 5.41) is 3.65. The van der Waals surface area contributed by atoms with E-state index in [-0.39, 0.29) is 45.5 Å². The van der Waals surface area contributed by atoms with Gasteiger partial charge in [0, 0.05) is 12.6 Å². The smallest absolute Gasteiger partial charge is 0.264 e. The normalized spacial score (nSPS) is 12.1. The highest BCUT2D eigenvalue weighted by atomic mass is 35.5. The Morgan fingerprint density at radius 1 is 0.927 bits per heavy atom. The zero-order chi connectivity index (χ0) is 30.3. The molecule has 0 aliphatic rings. The van der Waals surface area contributed by atoms with Crippen LogP contribution in [0.4, 0.5) is 5.69 Å². The molecular weight excluding hydrogens is 609 g/mol. The fourth-order valence-corrected chi connectivity index (χ4v) is 6.19. The Morgan fingerprint density at radius 3 is 2.17 bits per heavy atom. The van der Waals surface area contributed by atoms with Crippen molar-refractivity contribution in [3.05, 3.63) is 87.4 Å². The number of amides is 2. The first-order chi connectivity index (χ1) is 19.4. The van der Waals surface area contributed by atoms with Gasteiger partial charge in [0.2, 0.25) is 11.8 Å². The van der Waals surface area contributed by atoms with Crippen LogP contribution in [0.1, 0.15) is 32.8 Å². The van der Waals surface area contributed by atoms with Crippen LogP contribution < -0.4 is 14.4 Å². The van der Waals surface area contributed by atoms with Crippen LogP contribution >= 0.6 is 34.8 Å². The number of rotatable bonds is 12. The first-order valence-corrected chi connectivity index (χ1v) is 15.4. The second kappa shape index (κ2) is 14.3. The van der Waals surface area contributed by atoms with Gasteiger partial charge in [-0.1, -0.05) is 66.0 Å². The van der Waals surface area contributed by atoms with E-state index in [1.165, 1.54) is 42.3 Å². The molecule has 3 aromatic carbocycles. The maximum absolute atomic E-state index is 14.1. The summed E-state index contributed by atoms with van der Waals surface area (Å²) >= 11 is 18.7. The number of hydrogen-bond donors (Lipinski definition) is 1. The van der Waals surface area contributed by atoms with Crippen LogP contribution in [0.15, 0.2) is 71.6 Å². The first kappa shape index (κ1) is 32.5. The van der Waals surface area contributed by atoms with Crippen LogP contribution in [0.2, 0.25) is 15.1 Å². The molecule has 0 saturated carbocycles. The van der Waals surface area contributed by atoms with Crippen molar-refractivity contribution in [3.8, 4) is 5.75 Å². The minimum Gasteiger partial charge on any atom is -0.495 e. The largest absolute Gasteiger partial charge is 0.495 e. The Morgan fingerprint density at radius 2 is 1.61 bits per heavy atom. The van der Waals surface area contributed by atoms with Gasteiger partial charge in [-0.2, -0.15) is 0 Å². The van der Waals surface area contributed by atoms with Gasteiger partial charge in [0.05, 0.1) is 32.8 Å². The number of carbonyl (C=O) groups is 2. The number of methoxy groups -OCH3 is 1. The average Bonchev–Trinajstić information content (AvgIpc) is 2.93. The summed E-state index contributed by atoms with van der Waals surface area (Å²) < 4.78 is 34.0. The van der Waals surface area contributed by atoms with Crippen molar-refractivity contribution in [1.29, 1.82) is 0 Å². The van der Waals surface area contributed by atoms with Gasteiger partial charge in [0.15, 0.2) is 0 Å². The number of hydrogen-bond acceptors (Lipinski definition) is 5. The van der Waals surface area contributed by atoms with Crippen molar-refractivity contribution in [2.75, 3.05) is 18.0 Å². The van der Waals surface area contributed by atoms with E-state index in [0.717, 1.165) is 4.31 Å². The maximum atomic E-state index is 14.1. The number of benzene rings is 3. The molecule has 0 spiro atoms. The molecule has 0 aliphatic heterocycles. The molecular formula is C29H32Cl3N3O5S. The first-order valence-electron chi connectivity index (χ1n) is 12.8. The van der Waals surface area contributed by atoms with Gasteiger partial charge in [0.1, 0.15) is 18.3 Å². The van der Waals surface area contributed by atoms with E-state index in [0.29, 0.717) is 16.3 Å². The Labute approximate surface area is 256 Å². The molecule has 0 heterocycles. The number of carbonyl (C=O) groups excluding carboxylic acids is 2. The zero-order valence-electron chi connectivity index (χ0n) is 23.1. The fraction of sp³-hybridized carbons (Fsp3) is 0.310. The minimum atomic E-state index is -4.23. The Balaban J connectivity index is 2.10. The van der Waals surface area contributed by atoms with Crippen LogP contribution in [0, 0.1) is 0 Å². The summed E-state index contributed by atoms with van der Waals surface area (Å²) in [6, 6.07) is 16.0. The molecule has 0 aliphatic carbocycles. The van der Waals surface area contributed by atoms with Gasteiger partial charge in [-0.25, -0.2) is 8.42 Å². The molecule has 0 fully saturated rings. The van der Waals surface area contributed by atoms with E-state index in [1.54, 1.807) is 43.3 Å². The molecule has 8 nitrogen and oxygen atoms in total. The molecule has 220 valence electrons. The number of sulfonamides is 1. The van der Waals surface area contributed by atoms with Crippen LogP contribution in [0.3, 0.4) is 0 Å². The van der Waals surface area contributed by atoms with Crippen molar-refractivity contribution >= 4 is 62.3 Å². The predicted octanol–water partition coefficient (Wildman–Crippen LogP) is 6.18. The maximum Gasteiger partial charge on any atom is 0.264 e. The van der Waals surface area contributed by atoms with E-state index in [9.17, 15) is 18.0 Å². The van der Waals surface area contributed by atoms with Crippen molar-refractivity contribution in [2.45, 2.75) is 50.7 Å². The lowest BCUT2D eigenvalue weighted by molar-refractivity contribution is -0.140. The monoisotopic (exact) mass is 639 g/mol. The van der Waals surface area contributed by atoms with Crippen LogP contribution in [0.5, 0.6) is 5.75 Å². The van der Waals surface area contributed by atoms with E-state index in [1.807, 2.05) is 13.8 Å². The quantitative estimate of drug-likeness (QED) is 0.255. The van der Waals surface area contributed by atoms with Crippen molar-refractivity contribution < 1.29 is 22.7 Å². The fourth-order valence-electron chi connectivity index (χ4n) is 4.19. The number of anilines is 1. The molecule has 3 rings (SSSR count). The molecule has 12 heteroatoms. The number of nitrogens with zero attached hydrogens (tertiary/aromatic N) is 2. The molecule has 0 aromatic heterocycles. The second-order valence-corrected chi connectivity index (χ2v) is 12.6.